The fourth-order valence-electron chi connectivity index (χ4n) is 4.55. The Morgan fingerprint density at radius 1 is 1.06 bits per heavy atom. The van der Waals surface area contributed by atoms with Crippen LogP contribution in [0, 0.1) is 5.82 Å². The van der Waals surface area contributed by atoms with Crippen LogP contribution in [0.1, 0.15) is 12.0 Å². The lowest BCUT2D eigenvalue weighted by atomic mass is 10.0. The molecule has 2 aliphatic rings. The van der Waals surface area contributed by atoms with Crippen LogP contribution < -0.4 is 15.0 Å². The van der Waals surface area contributed by atoms with Crippen molar-refractivity contribution in [2.45, 2.75) is 19.6 Å². The van der Waals surface area contributed by atoms with Crippen LogP contribution in [-0.4, -0.2) is 59.9 Å². The van der Waals surface area contributed by atoms with Gasteiger partial charge in [-0.05, 0) is 37.2 Å². The van der Waals surface area contributed by atoms with Crippen molar-refractivity contribution in [2.75, 3.05) is 44.2 Å². The van der Waals surface area contributed by atoms with Crippen molar-refractivity contribution >= 4 is 11.6 Å². The second kappa shape index (κ2) is 9.62. The van der Waals surface area contributed by atoms with Crippen LogP contribution in [0.4, 0.5) is 10.1 Å². The lowest BCUT2D eigenvalue weighted by molar-refractivity contribution is -0.121. The van der Waals surface area contributed by atoms with Crippen LogP contribution in [0.2, 0.25) is 0 Å². The van der Waals surface area contributed by atoms with Crippen molar-refractivity contribution in [3.8, 4) is 17.0 Å². The molecule has 0 aliphatic carbocycles. The van der Waals surface area contributed by atoms with Crippen LogP contribution in [-0.2, 0) is 17.9 Å². The second-order valence-corrected chi connectivity index (χ2v) is 8.44. The van der Waals surface area contributed by atoms with Crippen molar-refractivity contribution in [3.63, 3.8) is 0 Å². The van der Waals surface area contributed by atoms with Crippen LogP contribution >= 0.6 is 0 Å². The van der Waals surface area contributed by atoms with Crippen molar-refractivity contribution < 1.29 is 13.9 Å². The Morgan fingerprint density at radius 3 is 2.70 bits per heavy atom. The molecule has 1 aromatic heterocycles. The van der Waals surface area contributed by atoms with Crippen molar-refractivity contribution in [1.29, 1.82) is 0 Å². The molecule has 0 spiro atoms. The summed E-state index contributed by atoms with van der Waals surface area (Å²) >= 11 is 0. The number of anilines is 1. The molecule has 5 rings (SSSR count). The lowest BCUT2D eigenvalue weighted by Crippen LogP contribution is -2.47. The quantitative estimate of drug-likeness (QED) is 0.562. The number of fused-ring (bicyclic) bond motifs is 3. The maximum atomic E-state index is 14.0. The Hall–Kier alpha value is -3.39. The fourth-order valence-corrected chi connectivity index (χ4v) is 4.55. The summed E-state index contributed by atoms with van der Waals surface area (Å²) < 4.78 is 21.5. The number of para-hydroxylation sites is 2. The summed E-state index contributed by atoms with van der Waals surface area (Å²) in [6.45, 7) is 5.59. The first-order valence-electron chi connectivity index (χ1n) is 11.4. The largest absolute Gasteiger partial charge is 0.488 e. The maximum Gasteiger partial charge on any atom is 0.241 e. The number of ether oxygens (including phenoxy) is 1. The Labute approximate surface area is 192 Å². The van der Waals surface area contributed by atoms with E-state index in [2.05, 4.69) is 20.2 Å². The number of piperazine rings is 1. The van der Waals surface area contributed by atoms with E-state index >= 15 is 0 Å². The highest BCUT2D eigenvalue weighted by Crippen LogP contribution is 2.36. The van der Waals surface area contributed by atoms with Gasteiger partial charge in [0.25, 0.3) is 0 Å². The van der Waals surface area contributed by atoms with Crippen molar-refractivity contribution in [1.82, 2.24) is 20.0 Å². The molecule has 7 nitrogen and oxygen atoms in total. The van der Waals surface area contributed by atoms with Crippen LogP contribution in [0.3, 0.4) is 0 Å². The van der Waals surface area contributed by atoms with Gasteiger partial charge in [-0.1, -0.05) is 24.3 Å². The van der Waals surface area contributed by atoms with Gasteiger partial charge in [0.1, 0.15) is 24.7 Å². The van der Waals surface area contributed by atoms with E-state index in [9.17, 15) is 9.18 Å². The van der Waals surface area contributed by atoms with E-state index in [-0.39, 0.29) is 18.3 Å². The first kappa shape index (κ1) is 21.5. The van der Waals surface area contributed by atoms with E-state index in [0.717, 1.165) is 61.7 Å². The monoisotopic (exact) mass is 449 g/mol. The minimum absolute atomic E-state index is 0.0470. The van der Waals surface area contributed by atoms with Gasteiger partial charge in [-0.25, -0.2) is 4.39 Å². The van der Waals surface area contributed by atoms with Gasteiger partial charge in [0.05, 0.1) is 17.6 Å². The average Bonchev–Trinajstić information content (AvgIpc) is 3.26. The number of benzene rings is 2. The first-order chi connectivity index (χ1) is 16.2. The molecule has 0 atom stereocenters. The predicted octanol–water partition coefficient (Wildman–Crippen LogP) is 2.91. The highest BCUT2D eigenvalue weighted by Gasteiger charge is 2.23. The standard InChI is InChI=1S/C25H28FN5O2/c26-21-7-2-3-8-22(21)30-14-12-29(13-15-30)11-5-10-27-24(32)17-31-25-19(16-28-31)18-33-23-9-4-1-6-20(23)25/h1-4,6-9,16H,5,10-15,17-18H2,(H,27,32). The second-order valence-electron chi connectivity index (χ2n) is 8.44. The van der Waals surface area contributed by atoms with Gasteiger partial charge in [-0.3, -0.25) is 14.4 Å². The molecule has 172 valence electrons. The highest BCUT2D eigenvalue weighted by atomic mass is 19.1. The number of nitrogens with zero attached hydrogens (tertiary/aromatic N) is 4. The predicted molar refractivity (Wildman–Crippen MR) is 125 cm³/mol. The SMILES string of the molecule is O=C(Cn1ncc2c1-c1ccccc1OC2)NCCCN1CCN(c2ccccc2F)CC1. The Balaban J connectivity index is 1.06. The van der Waals surface area contributed by atoms with Crippen LogP contribution in [0.15, 0.2) is 54.7 Å². The summed E-state index contributed by atoms with van der Waals surface area (Å²) in [5.74, 6) is 0.611. The summed E-state index contributed by atoms with van der Waals surface area (Å²) in [5, 5.41) is 7.43. The number of carbonyl (C=O) groups excluding carboxylic acids is 1. The maximum absolute atomic E-state index is 14.0. The summed E-state index contributed by atoms with van der Waals surface area (Å²) in [7, 11) is 0. The molecule has 2 aliphatic heterocycles. The van der Waals surface area contributed by atoms with Crippen molar-refractivity contribution in [2.24, 2.45) is 0 Å². The number of nitrogens with one attached hydrogen (secondary N) is 1. The zero-order valence-electron chi connectivity index (χ0n) is 18.5. The van der Waals surface area contributed by atoms with Gasteiger partial charge in [0, 0.05) is 43.9 Å². The highest BCUT2D eigenvalue weighted by molar-refractivity contribution is 5.78. The minimum atomic E-state index is -0.164. The molecule has 0 unspecified atom stereocenters. The first-order valence-corrected chi connectivity index (χ1v) is 11.4. The molecule has 1 fully saturated rings. The normalized spacial score (nSPS) is 15.5. The third-order valence-corrected chi connectivity index (χ3v) is 6.27. The average molecular weight is 450 g/mol. The Morgan fingerprint density at radius 2 is 1.85 bits per heavy atom. The van der Waals surface area contributed by atoms with Gasteiger partial charge < -0.3 is 15.0 Å². The molecular weight excluding hydrogens is 421 g/mol. The molecule has 3 aromatic rings. The minimum Gasteiger partial charge on any atom is -0.488 e. The molecule has 3 heterocycles. The summed E-state index contributed by atoms with van der Waals surface area (Å²) in [6, 6.07) is 14.8. The topological polar surface area (TPSA) is 62.6 Å². The number of carbonyl (C=O) groups is 1. The van der Waals surface area contributed by atoms with E-state index in [1.165, 1.54) is 6.07 Å². The molecule has 2 aromatic carbocycles. The third kappa shape index (κ3) is 4.71. The van der Waals surface area contributed by atoms with Crippen LogP contribution in [0.25, 0.3) is 11.3 Å². The van der Waals surface area contributed by atoms with Crippen LogP contribution in [0.5, 0.6) is 5.75 Å². The Bertz CT molecular complexity index is 1120. The van der Waals surface area contributed by atoms with E-state index in [1.807, 2.05) is 36.4 Å². The van der Waals surface area contributed by atoms with E-state index in [0.29, 0.717) is 18.8 Å². The van der Waals surface area contributed by atoms with Gasteiger partial charge in [0.15, 0.2) is 0 Å². The molecule has 0 bridgehead atoms. The molecule has 1 N–H and O–H groups in total. The third-order valence-electron chi connectivity index (χ3n) is 6.27. The van der Waals surface area contributed by atoms with Gasteiger partial charge in [-0.2, -0.15) is 5.10 Å². The number of hydrogen-bond acceptors (Lipinski definition) is 5. The zero-order chi connectivity index (χ0) is 22.6. The van der Waals surface area contributed by atoms with Crippen molar-refractivity contribution in [3.05, 3.63) is 66.1 Å². The molecular formula is C25H28FN5O2. The number of rotatable bonds is 7. The number of halogens is 1. The summed E-state index contributed by atoms with van der Waals surface area (Å²) in [5.41, 5.74) is 3.61. The zero-order valence-corrected chi connectivity index (χ0v) is 18.5. The van der Waals surface area contributed by atoms with E-state index in [4.69, 9.17) is 4.74 Å². The van der Waals surface area contributed by atoms with Gasteiger partial charge >= 0.3 is 0 Å². The number of amides is 1. The lowest BCUT2D eigenvalue weighted by Gasteiger charge is -2.36. The Kier molecular flexibility index (Phi) is 6.26. The summed E-state index contributed by atoms with van der Waals surface area (Å²) in [4.78, 5) is 17.0. The molecule has 1 saturated heterocycles. The molecule has 8 heteroatoms. The van der Waals surface area contributed by atoms with Gasteiger partial charge in [-0.15, -0.1) is 0 Å². The van der Waals surface area contributed by atoms with E-state index < -0.39 is 0 Å². The number of aromatic nitrogens is 2. The fraction of sp³-hybridized carbons (Fsp3) is 0.360. The molecule has 0 radical (unpaired) electrons. The molecule has 0 saturated carbocycles. The van der Waals surface area contributed by atoms with E-state index in [1.54, 1.807) is 16.9 Å². The molecule has 33 heavy (non-hydrogen) atoms. The van der Waals surface area contributed by atoms with Gasteiger partial charge in [0.2, 0.25) is 5.91 Å². The smallest absolute Gasteiger partial charge is 0.241 e. The number of hydrogen-bond donors (Lipinski definition) is 1. The molecule has 1 amide bonds. The summed E-state index contributed by atoms with van der Waals surface area (Å²) in [6.07, 6.45) is 2.65.